The fraction of sp³-hybridized carbons (Fsp3) is 0.226. The molecule has 41 heavy (non-hydrogen) atoms. The number of benzene rings is 3. The smallest absolute Gasteiger partial charge is 0.416 e. The highest BCUT2D eigenvalue weighted by molar-refractivity contribution is 7.15. The molecule has 6 nitrogen and oxygen atoms in total. The molecule has 1 aromatic heterocycles. The Bertz CT molecular complexity index is 1520. The maximum Gasteiger partial charge on any atom is 0.416 e. The first kappa shape index (κ1) is 29.8. The second kappa shape index (κ2) is 13.0. The summed E-state index contributed by atoms with van der Waals surface area (Å²) in [6.07, 6.45) is -3.07. The minimum absolute atomic E-state index is 0.174. The van der Waals surface area contributed by atoms with E-state index in [1.807, 2.05) is 62.4 Å². The van der Waals surface area contributed by atoms with Gasteiger partial charge in [-0.15, -0.1) is 11.3 Å². The second-order valence-electron chi connectivity index (χ2n) is 9.30. The Labute approximate surface area is 240 Å². The predicted molar refractivity (Wildman–Crippen MR) is 153 cm³/mol. The zero-order valence-electron chi connectivity index (χ0n) is 22.7. The summed E-state index contributed by atoms with van der Waals surface area (Å²) in [5, 5.41) is 9.95. The molecule has 4 rings (SSSR count). The van der Waals surface area contributed by atoms with Crippen molar-refractivity contribution >= 4 is 29.1 Å². The number of halogens is 3. The minimum atomic E-state index is -4.39. The van der Waals surface area contributed by atoms with E-state index in [9.17, 15) is 23.1 Å². The van der Waals surface area contributed by atoms with Crippen LogP contribution in [-0.2, 0) is 22.4 Å². The minimum Gasteiger partial charge on any atom is -0.479 e. The molecule has 0 radical (unpaired) electrons. The molecule has 10 heteroatoms. The molecule has 1 heterocycles. The molecule has 1 unspecified atom stereocenters. The van der Waals surface area contributed by atoms with Gasteiger partial charge in [0.05, 0.1) is 21.8 Å². The lowest BCUT2D eigenvalue weighted by Gasteiger charge is -2.17. The van der Waals surface area contributed by atoms with E-state index in [-0.39, 0.29) is 6.61 Å². The van der Waals surface area contributed by atoms with Crippen molar-refractivity contribution in [3.63, 3.8) is 0 Å². The monoisotopic (exact) mass is 582 g/mol. The van der Waals surface area contributed by atoms with Gasteiger partial charge in [0.2, 0.25) is 0 Å². The van der Waals surface area contributed by atoms with Crippen LogP contribution in [-0.4, -0.2) is 22.2 Å². The lowest BCUT2D eigenvalue weighted by molar-refractivity contribution is -0.145. The number of hydroxylamine groups is 1. The molecule has 1 atom stereocenters. The normalized spacial score (nSPS) is 12.7. The van der Waals surface area contributed by atoms with Crippen molar-refractivity contribution in [1.29, 1.82) is 0 Å². The van der Waals surface area contributed by atoms with Gasteiger partial charge in [0.15, 0.2) is 6.10 Å². The molecule has 0 bridgehead atoms. The van der Waals surface area contributed by atoms with Gasteiger partial charge in [0, 0.05) is 11.1 Å². The van der Waals surface area contributed by atoms with Crippen LogP contribution >= 0.6 is 11.3 Å². The maximum absolute atomic E-state index is 12.9. The number of aliphatic carboxylic acids is 1. The van der Waals surface area contributed by atoms with Crippen molar-refractivity contribution in [2.24, 2.45) is 0 Å². The molecule has 0 spiro atoms. The molecule has 0 saturated heterocycles. The molecule has 2 N–H and O–H groups in total. The molecule has 0 amide bonds. The lowest BCUT2D eigenvalue weighted by atomic mass is 10.1. The molecule has 3 aromatic carbocycles. The summed E-state index contributed by atoms with van der Waals surface area (Å²) in [4.78, 5) is 22.6. The summed E-state index contributed by atoms with van der Waals surface area (Å²) in [7, 11) is 0. The van der Waals surface area contributed by atoms with Crippen LogP contribution in [0.25, 0.3) is 22.3 Å². The number of aryl methyl sites for hydroxylation is 2. The maximum atomic E-state index is 12.9. The number of nitrogens with zero attached hydrogens (tertiary/aromatic N) is 1. The van der Waals surface area contributed by atoms with Crippen LogP contribution in [0.4, 0.5) is 13.2 Å². The molecular formula is C31H29F3N2O4S. The first-order valence-electron chi connectivity index (χ1n) is 12.8. The van der Waals surface area contributed by atoms with Crippen LogP contribution in [0.5, 0.6) is 5.75 Å². The average Bonchev–Trinajstić information content (AvgIpc) is 3.32. The Morgan fingerprint density at radius 3 is 2.39 bits per heavy atom. The highest BCUT2D eigenvalue weighted by atomic mass is 32.1. The third-order valence-corrected chi connectivity index (χ3v) is 7.43. The molecule has 0 aliphatic heterocycles. The predicted octanol–water partition coefficient (Wildman–Crippen LogP) is 7.91. The van der Waals surface area contributed by atoms with Gasteiger partial charge in [0.25, 0.3) is 0 Å². The standard InChI is InChI=1S/C31H29F3N2O4S/c1-4-26(30(37)38)40-27-15-12-23(16-19(27)2)25(17-21-8-6-5-7-9-21)36-39-18-28-20(3)35-29(41-28)22-10-13-24(14-11-22)31(32,33)34/h5-17,26,36H,4,18H2,1-3H3,(H,37,38). The number of carboxylic acids is 1. The topological polar surface area (TPSA) is 80.7 Å². The van der Waals surface area contributed by atoms with Crippen LogP contribution in [0.2, 0.25) is 0 Å². The Hall–Kier alpha value is -4.15. The summed E-state index contributed by atoms with van der Waals surface area (Å²) in [6, 6.07) is 20.0. The van der Waals surface area contributed by atoms with Crippen molar-refractivity contribution in [3.05, 3.63) is 106 Å². The highest BCUT2D eigenvalue weighted by Gasteiger charge is 2.30. The molecule has 214 valence electrons. The van der Waals surface area contributed by atoms with Crippen LogP contribution in [0.3, 0.4) is 0 Å². The van der Waals surface area contributed by atoms with E-state index in [1.54, 1.807) is 13.0 Å². The van der Waals surface area contributed by atoms with E-state index >= 15 is 0 Å². The van der Waals surface area contributed by atoms with E-state index in [2.05, 4.69) is 10.5 Å². The third kappa shape index (κ3) is 7.74. The van der Waals surface area contributed by atoms with Gasteiger partial charge < -0.3 is 9.84 Å². The Balaban J connectivity index is 1.51. The number of ether oxygens (including phenoxy) is 1. The zero-order chi connectivity index (χ0) is 29.6. The number of hydrogen-bond acceptors (Lipinski definition) is 6. The third-order valence-electron chi connectivity index (χ3n) is 6.25. The first-order valence-corrected chi connectivity index (χ1v) is 13.7. The van der Waals surface area contributed by atoms with Crippen molar-refractivity contribution < 1.29 is 32.6 Å². The van der Waals surface area contributed by atoms with E-state index in [1.165, 1.54) is 23.5 Å². The number of nitrogens with one attached hydrogen (secondary N) is 1. The molecule has 0 aliphatic rings. The summed E-state index contributed by atoms with van der Waals surface area (Å²) in [5.74, 6) is -0.533. The van der Waals surface area contributed by atoms with Gasteiger partial charge in [-0.3, -0.25) is 10.3 Å². The van der Waals surface area contributed by atoms with Gasteiger partial charge >= 0.3 is 12.1 Å². The quantitative estimate of drug-likeness (QED) is 0.138. The Morgan fingerprint density at radius 1 is 1.07 bits per heavy atom. The van der Waals surface area contributed by atoms with Crippen molar-refractivity contribution in [2.45, 2.75) is 46.1 Å². The van der Waals surface area contributed by atoms with Crippen molar-refractivity contribution in [2.75, 3.05) is 0 Å². The SMILES string of the molecule is CCC(Oc1ccc(C(=Cc2ccccc2)NOCc2sc(-c3ccc(C(F)(F)F)cc3)nc2C)cc1C)C(=O)O. The molecule has 0 saturated carbocycles. The molecule has 0 aliphatic carbocycles. The van der Waals surface area contributed by atoms with Crippen LogP contribution in [0.1, 0.15) is 46.2 Å². The number of carbonyl (C=O) groups is 1. The number of hydrogen-bond donors (Lipinski definition) is 2. The highest BCUT2D eigenvalue weighted by Crippen LogP contribution is 2.33. The van der Waals surface area contributed by atoms with Crippen molar-refractivity contribution in [3.8, 4) is 16.3 Å². The Morgan fingerprint density at radius 2 is 1.78 bits per heavy atom. The summed E-state index contributed by atoms with van der Waals surface area (Å²) in [5.41, 5.74) is 6.82. The van der Waals surface area contributed by atoms with E-state index in [0.29, 0.717) is 28.4 Å². The van der Waals surface area contributed by atoms with Crippen LogP contribution in [0, 0.1) is 13.8 Å². The second-order valence-corrected chi connectivity index (χ2v) is 10.4. The lowest BCUT2D eigenvalue weighted by Crippen LogP contribution is -2.26. The van der Waals surface area contributed by atoms with Gasteiger partial charge in [0.1, 0.15) is 17.4 Å². The first-order chi connectivity index (χ1) is 19.5. The molecular weight excluding hydrogens is 553 g/mol. The number of alkyl halides is 3. The van der Waals surface area contributed by atoms with E-state index in [4.69, 9.17) is 9.57 Å². The molecule has 4 aromatic rings. The van der Waals surface area contributed by atoms with Gasteiger partial charge in [-0.2, -0.15) is 13.2 Å². The summed E-state index contributed by atoms with van der Waals surface area (Å²) in [6.45, 7) is 5.60. The van der Waals surface area contributed by atoms with Gasteiger partial charge in [-0.25, -0.2) is 9.78 Å². The van der Waals surface area contributed by atoms with Gasteiger partial charge in [-0.1, -0.05) is 49.4 Å². The number of aromatic nitrogens is 1. The van der Waals surface area contributed by atoms with E-state index in [0.717, 1.165) is 39.4 Å². The fourth-order valence-electron chi connectivity index (χ4n) is 3.97. The van der Waals surface area contributed by atoms with Crippen molar-refractivity contribution in [1.82, 2.24) is 10.5 Å². The number of carboxylic acid groups (broad SMARTS) is 1. The zero-order valence-corrected chi connectivity index (χ0v) is 23.5. The summed E-state index contributed by atoms with van der Waals surface area (Å²) >= 11 is 1.35. The summed E-state index contributed by atoms with van der Waals surface area (Å²) < 4.78 is 44.5. The van der Waals surface area contributed by atoms with Gasteiger partial charge in [-0.05, 0) is 67.8 Å². The van der Waals surface area contributed by atoms with E-state index < -0.39 is 23.8 Å². The largest absolute Gasteiger partial charge is 0.479 e. The fourth-order valence-corrected chi connectivity index (χ4v) is 4.95. The average molecular weight is 583 g/mol. The number of thiazole rings is 1. The Kier molecular flexibility index (Phi) is 9.46. The molecule has 0 fully saturated rings. The van der Waals surface area contributed by atoms with Crippen LogP contribution in [0.15, 0.2) is 72.8 Å². The number of rotatable bonds is 11. The van der Waals surface area contributed by atoms with Crippen LogP contribution < -0.4 is 10.2 Å².